The lowest BCUT2D eigenvalue weighted by Crippen LogP contribution is -2.65. The molecular formula is C36H19B2NO2. The highest BCUT2D eigenvalue weighted by molar-refractivity contribution is 7.03. The predicted octanol–water partition coefficient (Wildman–Crippen LogP) is 4.32. The number of hydrogen-bond donors (Lipinski definition) is 0. The molecule has 0 aliphatic carbocycles. The van der Waals surface area contributed by atoms with Crippen molar-refractivity contribution < 1.29 is 9.47 Å². The molecule has 0 atom stereocenters. The van der Waals surface area contributed by atoms with Gasteiger partial charge in [-0.3, -0.25) is 0 Å². The van der Waals surface area contributed by atoms with Gasteiger partial charge in [0.15, 0.2) is 0 Å². The summed E-state index contributed by atoms with van der Waals surface area (Å²) in [6.07, 6.45) is 0. The van der Waals surface area contributed by atoms with Gasteiger partial charge in [0, 0.05) is 27.5 Å². The van der Waals surface area contributed by atoms with Gasteiger partial charge in [0.1, 0.15) is 23.0 Å². The third kappa shape index (κ3) is 2.27. The fraction of sp³-hybridized carbons (Fsp3) is 0. The molecule has 4 aliphatic rings. The average molecular weight is 519 g/mol. The van der Waals surface area contributed by atoms with Gasteiger partial charge in [-0.2, -0.15) is 0 Å². The molecule has 0 bridgehead atoms. The molecule has 0 radical (unpaired) electrons. The SMILES string of the molecule is c1ccc(-c2c3c4c5c6c2Oc2ccccc2B6c2cccc6c7cccc(c7n-5c26)B4c2ccccc2O3)cc1. The van der Waals surface area contributed by atoms with E-state index < -0.39 is 0 Å². The molecule has 186 valence electrons. The molecule has 0 spiro atoms. The first-order valence-corrected chi connectivity index (χ1v) is 14.3. The molecule has 5 heteroatoms. The van der Waals surface area contributed by atoms with Crippen molar-refractivity contribution in [1.29, 1.82) is 0 Å². The third-order valence-electron chi connectivity index (χ3n) is 9.69. The topological polar surface area (TPSA) is 23.4 Å². The molecular weight excluding hydrogens is 500 g/mol. The molecule has 41 heavy (non-hydrogen) atoms. The van der Waals surface area contributed by atoms with Gasteiger partial charge in [0.25, 0.3) is 13.4 Å². The number of aromatic nitrogens is 1. The fourth-order valence-electron chi connectivity index (χ4n) is 8.25. The van der Waals surface area contributed by atoms with Gasteiger partial charge in [-0.1, -0.05) is 103 Å². The summed E-state index contributed by atoms with van der Waals surface area (Å²) < 4.78 is 16.5. The van der Waals surface area contributed by atoms with E-state index in [1.807, 2.05) is 0 Å². The Balaban J connectivity index is 1.45. The van der Waals surface area contributed by atoms with Crippen LogP contribution >= 0.6 is 0 Å². The van der Waals surface area contributed by atoms with Gasteiger partial charge in [0.05, 0.1) is 5.56 Å². The number of benzene rings is 6. The van der Waals surface area contributed by atoms with Gasteiger partial charge in [-0.15, -0.1) is 0 Å². The Bertz CT molecular complexity index is 2200. The van der Waals surface area contributed by atoms with E-state index in [1.54, 1.807) is 0 Å². The molecule has 6 aromatic carbocycles. The first-order valence-electron chi connectivity index (χ1n) is 14.3. The van der Waals surface area contributed by atoms with E-state index in [2.05, 4.69) is 120 Å². The van der Waals surface area contributed by atoms with Crippen LogP contribution in [0.2, 0.25) is 0 Å². The fourth-order valence-corrected chi connectivity index (χ4v) is 8.25. The minimum atomic E-state index is 0.0672. The Morgan fingerprint density at radius 2 is 0.951 bits per heavy atom. The van der Waals surface area contributed by atoms with E-state index in [1.165, 1.54) is 60.3 Å². The van der Waals surface area contributed by atoms with Gasteiger partial charge in [-0.25, -0.2) is 0 Å². The second-order valence-electron chi connectivity index (χ2n) is 11.5. The number of para-hydroxylation sites is 4. The Kier molecular flexibility index (Phi) is 3.51. The number of hydrogen-bond acceptors (Lipinski definition) is 2. The van der Waals surface area contributed by atoms with E-state index in [9.17, 15) is 0 Å². The molecule has 0 N–H and O–H groups in total. The summed E-state index contributed by atoms with van der Waals surface area (Å²) in [5.41, 5.74) is 13.6. The zero-order chi connectivity index (χ0) is 26.4. The van der Waals surface area contributed by atoms with Crippen molar-refractivity contribution in [3.8, 4) is 39.8 Å². The molecule has 0 saturated carbocycles. The van der Waals surface area contributed by atoms with E-state index >= 15 is 0 Å². The standard InChI is InChI=1S/C36H19B2NO2/c1-2-10-20(11-3-1)29-35-30-34-31-36(29)41-28-19-7-5-15-24(28)38(31)26-17-9-13-22-21-12-8-16-25(32(21)39(34)33(22)26)37(30)23-14-4-6-18-27(23)40-35/h1-19H. The highest BCUT2D eigenvalue weighted by Crippen LogP contribution is 2.48. The Morgan fingerprint density at radius 1 is 0.463 bits per heavy atom. The zero-order valence-electron chi connectivity index (χ0n) is 21.9. The summed E-state index contributed by atoms with van der Waals surface area (Å²) in [7, 11) is 0. The number of fused-ring (bicyclic) bond motifs is 7. The van der Waals surface area contributed by atoms with Crippen molar-refractivity contribution in [2.45, 2.75) is 0 Å². The quantitative estimate of drug-likeness (QED) is 0.302. The maximum absolute atomic E-state index is 6.98. The Morgan fingerprint density at radius 3 is 1.51 bits per heavy atom. The summed E-state index contributed by atoms with van der Waals surface area (Å²) >= 11 is 0. The second kappa shape index (κ2) is 6.94. The summed E-state index contributed by atoms with van der Waals surface area (Å²) in [5, 5.41) is 2.62. The molecule has 0 amide bonds. The van der Waals surface area contributed by atoms with Crippen LogP contribution in [0.4, 0.5) is 0 Å². The largest absolute Gasteiger partial charge is 0.458 e. The molecule has 11 rings (SSSR count). The maximum Gasteiger partial charge on any atom is 0.256 e. The molecule has 1 aromatic heterocycles. The maximum atomic E-state index is 6.98. The van der Waals surface area contributed by atoms with Crippen molar-refractivity contribution in [2.75, 3.05) is 0 Å². The lowest BCUT2D eigenvalue weighted by molar-refractivity contribution is 0.468. The van der Waals surface area contributed by atoms with E-state index in [-0.39, 0.29) is 13.4 Å². The summed E-state index contributed by atoms with van der Waals surface area (Å²) in [5.74, 6) is 3.66. The molecule has 5 heterocycles. The van der Waals surface area contributed by atoms with Crippen LogP contribution < -0.4 is 42.3 Å². The monoisotopic (exact) mass is 519 g/mol. The molecule has 4 aliphatic heterocycles. The number of ether oxygens (including phenoxy) is 2. The average Bonchev–Trinajstić information content (AvgIpc) is 3.37. The molecule has 0 unspecified atom stereocenters. The molecule has 7 aromatic rings. The Labute approximate surface area is 236 Å². The van der Waals surface area contributed by atoms with Crippen molar-refractivity contribution in [3.63, 3.8) is 0 Å². The van der Waals surface area contributed by atoms with Crippen LogP contribution in [-0.4, -0.2) is 18.0 Å². The van der Waals surface area contributed by atoms with Gasteiger partial charge < -0.3 is 14.0 Å². The van der Waals surface area contributed by atoms with Crippen LogP contribution in [0.5, 0.6) is 23.0 Å². The lowest BCUT2D eigenvalue weighted by atomic mass is 9.30. The Hall–Kier alpha value is -5.15. The highest BCUT2D eigenvalue weighted by atomic mass is 16.5. The van der Waals surface area contributed by atoms with Crippen molar-refractivity contribution in [1.82, 2.24) is 4.57 Å². The van der Waals surface area contributed by atoms with E-state index in [0.29, 0.717) is 0 Å². The van der Waals surface area contributed by atoms with Crippen LogP contribution in [0.3, 0.4) is 0 Å². The lowest BCUT2D eigenvalue weighted by Gasteiger charge is -2.41. The zero-order valence-corrected chi connectivity index (χ0v) is 21.9. The first-order chi connectivity index (χ1) is 20.4. The van der Waals surface area contributed by atoms with Crippen molar-refractivity contribution >= 4 is 68.0 Å². The normalized spacial score (nSPS) is 14.1. The number of nitrogens with zero attached hydrogens (tertiary/aromatic N) is 1. The molecule has 3 nitrogen and oxygen atoms in total. The van der Waals surface area contributed by atoms with Crippen LogP contribution in [0.1, 0.15) is 0 Å². The van der Waals surface area contributed by atoms with Crippen LogP contribution in [0.15, 0.2) is 115 Å². The minimum absolute atomic E-state index is 0.0672. The van der Waals surface area contributed by atoms with Gasteiger partial charge >= 0.3 is 0 Å². The van der Waals surface area contributed by atoms with Gasteiger partial charge in [-0.05, 0) is 50.5 Å². The van der Waals surface area contributed by atoms with Crippen LogP contribution in [-0.2, 0) is 0 Å². The minimum Gasteiger partial charge on any atom is -0.458 e. The smallest absolute Gasteiger partial charge is 0.256 e. The second-order valence-corrected chi connectivity index (χ2v) is 11.5. The van der Waals surface area contributed by atoms with Crippen LogP contribution in [0, 0.1) is 0 Å². The van der Waals surface area contributed by atoms with Crippen molar-refractivity contribution in [3.05, 3.63) is 115 Å². The predicted molar refractivity (Wildman–Crippen MR) is 169 cm³/mol. The molecule has 0 saturated heterocycles. The number of rotatable bonds is 1. The highest BCUT2D eigenvalue weighted by Gasteiger charge is 2.50. The summed E-state index contributed by atoms with van der Waals surface area (Å²) in [4.78, 5) is 0. The van der Waals surface area contributed by atoms with E-state index in [4.69, 9.17) is 9.47 Å². The third-order valence-corrected chi connectivity index (χ3v) is 9.69. The summed E-state index contributed by atoms with van der Waals surface area (Å²) in [6, 6.07) is 41.5. The summed E-state index contributed by atoms with van der Waals surface area (Å²) in [6.45, 7) is 0.134. The van der Waals surface area contributed by atoms with Crippen LogP contribution in [0.25, 0.3) is 38.6 Å². The van der Waals surface area contributed by atoms with E-state index in [0.717, 1.165) is 34.1 Å². The van der Waals surface area contributed by atoms with Crippen molar-refractivity contribution in [2.24, 2.45) is 0 Å². The molecule has 0 fully saturated rings. The van der Waals surface area contributed by atoms with Gasteiger partial charge in [0.2, 0.25) is 0 Å². The first kappa shape index (κ1) is 20.7.